The van der Waals surface area contributed by atoms with E-state index in [1.807, 2.05) is 0 Å². The summed E-state index contributed by atoms with van der Waals surface area (Å²) in [7, 11) is -4.81. The molecule has 236 valence electrons. The molecule has 6 aromatic rings. The normalized spacial score (nSPS) is 12.1. The molecule has 0 radical (unpaired) electrons. The summed E-state index contributed by atoms with van der Waals surface area (Å²) in [6, 6.07) is 17.8. The second-order valence-corrected chi connectivity index (χ2v) is 15.0. The number of fused-ring (bicyclic) bond motifs is 2. The third-order valence-corrected chi connectivity index (χ3v) is 10.1. The first-order valence-corrected chi connectivity index (χ1v) is 17.7. The Hall–Kier alpha value is -4.72. The SMILES string of the molecule is CNC(=O)c1c(-c2ccc(F)cc2)oc2cc(N(C)S(C)(=O)=O)c(-c3ccc(S(C)(=O)=O)c(-c4nc5c(Cl)cccc5o4)c3)cc12. The van der Waals surface area contributed by atoms with Crippen LogP contribution < -0.4 is 9.62 Å². The number of carbonyl (C=O) groups excluding carboxylic acids is 1. The van der Waals surface area contributed by atoms with Gasteiger partial charge in [-0.15, -0.1) is 0 Å². The predicted molar refractivity (Wildman–Crippen MR) is 175 cm³/mol. The molecule has 0 fully saturated rings. The molecule has 0 unspecified atom stereocenters. The van der Waals surface area contributed by atoms with Crippen LogP contribution >= 0.6 is 11.6 Å². The smallest absolute Gasteiger partial charge is 0.255 e. The number of oxazole rings is 1. The number of furan rings is 1. The highest BCUT2D eigenvalue weighted by Crippen LogP contribution is 2.43. The van der Waals surface area contributed by atoms with Crippen molar-refractivity contribution in [2.75, 3.05) is 30.9 Å². The van der Waals surface area contributed by atoms with Gasteiger partial charge in [-0.05, 0) is 60.2 Å². The predicted octanol–water partition coefficient (Wildman–Crippen LogP) is 6.53. The van der Waals surface area contributed by atoms with E-state index >= 15 is 0 Å². The number of sulfonamides is 1. The molecule has 1 N–H and O–H groups in total. The van der Waals surface area contributed by atoms with Crippen molar-refractivity contribution in [1.29, 1.82) is 0 Å². The number of carbonyl (C=O) groups is 1. The first-order chi connectivity index (χ1) is 21.7. The average molecular weight is 682 g/mol. The van der Waals surface area contributed by atoms with Crippen molar-refractivity contribution in [3.05, 3.63) is 89.2 Å². The molecule has 2 aromatic heterocycles. The molecule has 0 aliphatic rings. The van der Waals surface area contributed by atoms with Gasteiger partial charge in [-0.25, -0.2) is 26.2 Å². The number of benzene rings is 4. The molecule has 0 saturated carbocycles. The van der Waals surface area contributed by atoms with E-state index in [2.05, 4.69) is 10.3 Å². The summed E-state index contributed by atoms with van der Waals surface area (Å²) in [5.41, 5.74) is 2.43. The topological polar surface area (TPSA) is 140 Å². The Balaban J connectivity index is 1.68. The highest BCUT2D eigenvalue weighted by Gasteiger charge is 2.27. The van der Waals surface area contributed by atoms with Crippen molar-refractivity contribution in [3.8, 4) is 33.9 Å². The number of aromatic nitrogens is 1. The summed E-state index contributed by atoms with van der Waals surface area (Å²) < 4.78 is 78.2. The Labute approximate surface area is 268 Å². The minimum absolute atomic E-state index is 0.0163. The number of para-hydroxylation sites is 1. The van der Waals surface area contributed by atoms with Crippen molar-refractivity contribution in [3.63, 3.8) is 0 Å². The number of sulfone groups is 1. The number of halogens is 2. The fraction of sp³-hybridized carbons (Fsp3) is 0.125. The summed E-state index contributed by atoms with van der Waals surface area (Å²) in [6.45, 7) is 0. The van der Waals surface area contributed by atoms with Crippen molar-refractivity contribution < 1.29 is 34.9 Å². The molecule has 46 heavy (non-hydrogen) atoms. The first-order valence-electron chi connectivity index (χ1n) is 13.6. The highest BCUT2D eigenvalue weighted by molar-refractivity contribution is 7.92. The number of nitrogens with one attached hydrogen (secondary N) is 1. The number of hydrogen-bond donors (Lipinski definition) is 1. The summed E-state index contributed by atoms with van der Waals surface area (Å²) >= 11 is 6.31. The van der Waals surface area contributed by atoms with Crippen LogP contribution in [0.3, 0.4) is 0 Å². The number of rotatable bonds is 7. The van der Waals surface area contributed by atoms with Gasteiger partial charge in [0.05, 0.1) is 33.0 Å². The third-order valence-electron chi connectivity index (χ3n) is 7.49. The second-order valence-electron chi connectivity index (χ2n) is 10.6. The molecule has 0 aliphatic carbocycles. The van der Waals surface area contributed by atoms with Crippen LogP contribution in [0.25, 0.3) is 56.0 Å². The Bertz CT molecular complexity index is 2420. The summed E-state index contributed by atoms with van der Waals surface area (Å²) in [5, 5.41) is 3.24. The molecule has 0 saturated heterocycles. The van der Waals surface area contributed by atoms with Gasteiger partial charge in [-0.1, -0.05) is 23.7 Å². The van der Waals surface area contributed by atoms with Crippen molar-refractivity contribution in [2.24, 2.45) is 0 Å². The number of anilines is 1. The van der Waals surface area contributed by atoms with Gasteiger partial charge >= 0.3 is 0 Å². The largest absolute Gasteiger partial charge is 0.455 e. The van der Waals surface area contributed by atoms with Gasteiger partial charge in [0.2, 0.25) is 15.9 Å². The van der Waals surface area contributed by atoms with Gasteiger partial charge in [-0.2, -0.15) is 0 Å². The van der Waals surface area contributed by atoms with Crippen LogP contribution in [0.4, 0.5) is 10.1 Å². The molecule has 1 amide bonds. The summed E-state index contributed by atoms with van der Waals surface area (Å²) in [4.78, 5) is 17.6. The molecule has 0 spiro atoms. The summed E-state index contributed by atoms with van der Waals surface area (Å²) in [6.07, 6.45) is 2.08. The molecule has 0 atom stereocenters. The lowest BCUT2D eigenvalue weighted by Crippen LogP contribution is -2.25. The Morgan fingerprint density at radius 1 is 0.891 bits per heavy atom. The van der Waals surface area contributed by atoms with Crippen LogP contribution in [0, 0.1) is 5.82 Å². The van der Waals surface area contributed by atoms with E-state index in [1.165, 1.54) is 62.6 Å². The Morgan fingerprint density at radius 2 is 1.59 bits per heavy atom. The monoisotopic (exact) mass is 681 g/mol. The highest BCUT2D eigenvalue weighted by atomic mass is 35.5. The lowest BCUT2D eigenvalue weighted by Gasteiger charge is -2.21. The van der Waals surface area contributed by atoms with E-state index in [1.54, 1.807) is 24.3 Å². The van der Waals surface area contributed by atoms with E-state index < -0.39 is 31.6 Å². The van der Waals surface area contributed by atoms with E-state index in [-0.39, 0.29) is 38.9 Å². The van der Waals surface area contributed by atoms with E-state index in [9.17, 15) is 26.0 Å². The average Bonchev–Trinajstić information content (AvgIpc) is 3.61. The van der Waals surface area contributed by atoms with Gasteiger partial charge in [0.1, 0.15) is 22.7 Å². The fourth-order valence-electron chi connectivity index (χ4n) is 5.18. The quantitative estimate of drug-likeness (QED) is 0.201. The van der Waals surface area contributed by atoms with E-state index in [0.717, 1.165) is 16.8 Å². The molecular weight excluding hydrogens is 657 g/mol. The lowest BCUT2D eigenvalue weighted by atomic mass is 9.97. The maximum atomic E-state index is 13.7. The van der Waals surface area contributed by atoms with Crippen LogP contribution in [-0.4, -0.2) is 54.3 Å². The second kappa shape index (κ2) is 11.3. The van der Waals surface area contributed by atoms with Crippen molar-refractivity contribution in [1.82, 2.24) is 10.3 Å². The van der Waals surface area contributed by atoms with Gasteiger partial charge in [0.15, 0.2) is 15.4 Å². The Morgan fingerprint density at radius 3 is 2.22 bits per heavy atom. The molecule has 6 rings (SSSR count). The van der Waals surface area contributed by atoms with Crippen LogP contribution in [0.2, 0.25) is 5.02 Å². The van der Waals surface area contributed by atoms with Gasteiger partial charge in [0, 0.05) is 42.9 Å². The zero-order chi connectivity index (χ0) is 33.1. The summed E-state index contributed by atoms with van der Waals surface area (Å²) in [5.74, 6) is -0.840. The van der Waals surface area contributed by atoms with Crippen molar-refractivity contribution >= 4 is 65.1 Å². The van der Waals surface area contributed by atoms with Gasteiger partial charge in [-0.3, -0.25) is 9.10 Å². The van der Waals surface area contributed by atoms with Crippen LogP contribution in [0.15, 0.2) is 86.5 Å². The lowest BCUT2D eigenvalue weighted by molar-refractivity contribution is 0.0964. The van der Waals surface area contributed by atoms with Gasteiger partial charge < -0.3 is 14.2 Å². The van der Waals surface area contributed by atoms with Crippen LogP contribution in [0.1, 0.15) is 10.4 Å². The minimum atomic E-state index is -3.82. The molecule has 10 nitrogen and oxygen atoms in total. The number of nitrogens with zero attached hydrogens (tertiary/aromatic N) is 2. The minimum Gasteiger partial charge on any atom is -0.455 e. The molecule has 4 aromatic carbocycles. The molecule has 14 heteroatoms. The number of amides is 1. The Kier molecular flexibility index (Phi) is 7.66. The molecular formula is C32H25ClFN3O7S2. The zero-order valence-corrected chi connectivity index (χ0v) is 27.1. The maximum absolute atomic E-state index is 13.7. The van der Waals surface area contributed by atoms with E-state index in [4.69, 9.17) is 20.4 Å². The van der Waals surface area contributed by atoms with E-state index in [0.29, 0.717) is 38.2 Å². The first kappa shape index (κ1) is 31.3. The standard InChI is InChI=1S/C32H25ClFN3O7S2/c1-35-31(38)28-21-15-20(24(37(2)46(4,41)42)16-26(21)43-30(28)17-8-11-19(34)12-9-17)18-10-13-27(45(3,39)40)22(14-18)32-36-29-23(33)6-5-7-25(29)44-32/h5-16H,1-4H3,(H,35,38). The van der Waals surface area contributed by atoms with Crippen molar-refractivity contribution in [2.45, 2.75) is 4.90 Å². The van der Waals surface area contributed by atoms with Crippen LogP contribution in [0.5, 0.6) is 0 Å². The zero-order valence-electron chi connectivity index (χ0n) is 24.8. The van der Waals surface area contributed by atoms with Crippen LogP contribution in [-0.2, 0) is 19.9 Å². The van der Waals surface area contributed by atoms with Gasteiger partial charge in [0.25, 0.3) is 5.91 Å². The maximum Gasteiger partial charge on any atom is 0.255 e. The molecule has 2 heterocycles. The fourth-order valence-corrected chi connectivity index (χ4v) is 6.75. The number of hydrogen-bond acceptors (Lipinski definition) is 8. The molecule has 0 bridgehead atoms. The molecule has 0 aliphatic heterocycles. The third kappa shape index (κ3) is 5.50.